The topological polar surface area (TPSA) is 41.5 Å². The molecule has 0 amide bonds. The SMILES string of the molecule is Cc1ccccc1OCC(O)CNC1CC=CCC1. The van der Waals surface area contributed by atoms with Crippen LogP contribution in [0.4, 0.5) is 0 Å². The van der Waals surface area contributed by atoms with Crippen molar-refractivity contribution in [3.63, 3.8) is 0 Å². The van der Waals surface area contributed by atoms with Gasteiger partial charge in [0.05, 0.1) is 0 Å². The lowest BCUT2D eigenvalue weighted by molar-refractivity contribution is 0.103. The summed E-state index contributed by atoms with van der Waals surface area (Å²) in [4.78, 5) is 0. The Kier molecular flexibility index (Phi) is 5.43. The molecule has 1 aromatic carbocycles. The van der Waals surface area contributed by atoms with E-state index in [0.717, 1.165) is 30.6 Å². The first-order valence-corrected chi connectivity index (χ1v) is 7.00. The third-order valence-corrected chi connectivity index (χ3v) is 3.44. The average molecular weight is 261 g/mol. The lowest BCUT2D eigenvalue weighted by Gasteiger charge is -2.21. The number of allylic oxidation sites excluding steroid dienone is 1. The summed E-state index contributed by atoms with van der Waals surface area (Å²) in [6, 6.07) is 8.37. The zero-order chi connectivity index (χ0) is 13.5. The molecule has 0 radical (unpaired) electrons. The van der Waals surface area contributed by atoms with E-state index in [9.17, 15) is 5.11 Å². The van der Waals surface area contributed by atoms with Gasteiger partial charge in [0.25, 0.3) is 0 Å². The standard InChI is InChI=1S/C16H23NO2/c1-13-7-5-6-10-16(13)19-12-15(18)11-17-14-8-3-2-4-9-14/h2-3,5-7,10,14-15,17-18H,4,8-9,11-12H2,1H3. The Morgan fingerprint density at radius 3 is 2.95 bits per heavy atom. The summed E-state index contributed by atoms with van der Waals surface area (Å²) >= 11 is 0. The molecule has 0 aliphatic heterocycles. The van der Waals surface area contributed by atoms with E-state index in [1.54, 1.807) is 0 Å². The summed E-state index contributed by atoms with van der Waals surface area (Å²) in [5, 5.41) is 13.3. The summed E-state index contributed by atoms with van der Waals surface area (Å²) in [6.07, 6.45) is 7.30. The zero-order valence-electron chi connectivity index (χ0n) is 11.5. The van der Waals surface area contributed by atoms with Crippen molar-refractivity contribution in [2.75, 3.05) is 13.2 Å². The summed E-state index contributed by atoms with van der Waals surface area (Å²) in [7, 11) is 0. The molecule has 2 atom stereocenters. The Morgan fingerprint density at radius 2 is 2.21 bits per heavy atom. The van der Waals surface area contributed by atoms with Crippen molar-refractivity contribution in [1.29, 1.82) is 0 Å². The van der Waals surface area contributed by atoms with Gasteiger partial charge >= 0.3 is 0 Å². The predicted octanol–water partition coefficient (Wildman–Crippen LogP) is 2.43. The number of benzene rings is 1. The molecule has 1 aliphatic carbocycles. The third kappa shape index (κ3) is 4.69. The maximum atomic E-state index is 9.93. The second-order valence-corrected chi connectivity index (χ2v) is 5.12. The van der Waals surface area contributed by atoms with E-state index >= 15 is 0 Å². The van der Waals surface area contributed by atoms with Crippen molar-refractivity contribution in [3.05, 3.63) is 42.0 Å². The third-order valence-electron chi connectivity index (χ3n) is 3.44. The van der Waals surface area contributed by atoms with Crippen LogP contribution in [-0.2, 0) is 0 Å². The first-order chi connectivity index (χ1) is 9.25. The molecule has 2 N–H and O–H groups in total. The van der Waals surface area contributed by atoms with Gasteiger partial charge in [-0.3, -0.25) is 0 Å². The van der Waals surface area contributed by atoms with Gasteiger partial charge in [0, 0.05) is 12.6 Å². The highest BCUT2D eigenvalue weighted by atomic mass is 16.5. The van der Waals surface area contributed by atoms with E-state index in [0.29, 0.717) is 19.2 Å². The Bertz CT molecular complexity index is 417. The zero-order valence-corrected chi connectivity index (χ0v) is 11.5. The van der Waals surface area contributed by atoms with E-state index in [2.05, 4.69) is 17.5 Å². The molecule has 0 bridgehead atoms. The van der Waals surface area contributed by atoms with Crippen molar-refractivity contribution >= 4 is 0 Å². The normalized spacial score (nSPS) is 20.2. The molecule has 3 nitrogen and oxygen atoms in total. The van der Waals surface area contributed by atoms with E-state index in [1.165, 1.54) is 0 Å². The van der Waals surface area contributed by atoms with E-state index in [4.69, 9.17) is 4.74 Å². The fourth-order valence-electron chi connectivity index (χ4n) is 2.24. The number of nitrogens with one attached hydrogen (secondary N) is 1. The Balaban J connectivity index is 1.68. The number of aliphatic hydroxyl groups is 1. The Hall–Kier alpha value is -1.32. The predicted molar refractivity (Wildman–Crippen MR) is 77.5 cm³/mol. The van der Waals surface area contributed by atoms with Crippen molar-refractivity contribution in [3.8, 4) is 5.75 Å². The quantitative estimate of drug-likeness (QED) is 0.773. The molecule has 0 saturated carbocycles. The lowest BCUT2D eigenvalue weighted by Crippen LogP contribution is -2.38. The average Bonchev–Trinajstić information content (AvgIpc) is 2.45. The molecule has 1 aliphatic rings. The molecule has 0 aromatic heterocycles. The fourth-order valence-corrected chi connectivity index (χ4v) is 2.24. The van der Waals surface area contributed by atoms with Crippen LogP contribution in [0.5, 0.6) is 5.75 Å². The number of para-hydroxylation sites is 1. The van der Waals surface area contributed by atoms with Crippen molar-refractivity contribution < 1.29 is 9.84 Å². The van der Waals surface area contributed by atoms with Gasteiger partial charge in [-0.25, -0.2) is 0 Å². The number of hydrogen-bond acceptors (Lipinski definition) is 3. The summed E-state index contributed by atoms with van der Waals surface area (Å²) in [5.74, 6) is 0.849. The molecule has 1 aromatic rings. The van der Waals surface area contributed by atoms with E-state index in [-0.39, 0.29) is 0 Å². The largest absolute Gasteiger partial charge is 0.491 e. The van der Waals surface area contributed by atoms with E-state index < -0.39 is 6.10 Å². The first kappa shape index (κ1) is 14.1. The molecule has 104 valence electrons. The van der Waals surface area contributed by atoms with Gasteiger partial charge in [-0.05, 0) is 37.8 Å². The van der Waals surface area contributed by atoms with Crippen LogP contribution in [0.1, 0.15) is 24.8 Å². The second-order valence-electron chi connectivity index (χ2n) is 5.12. The van der Waals surface area contributed by atoms with Gasteiger partial charge < -0.3 is 15.2 Å². The molecule has 0 heterocycles. The van der Waals surface area contributed by atoms with E-state index in [1.807, 2.05) is 31.2 Å². The van der Waals surface area contributed by atoms with Crippen LogP contribution >= 0.6 is 0 Å². The highest BCUT2D eigenvalue weighted by Crippen LogP contribution is 2.16. The Morgan fingerprint density at radius 1 is 1.37 bits per heavy atom. The number of aliphatic hydroxyl groups excluding tert-OH is 1. The minimum atomic E-state index is -0.467. The molecule has 2 rings (SSSR count). The maximum Gasteiger partial charge on any atom is 0.122 e. The van der Waals surface area contributed by atoms with Crippen molar-refractivity contribution in [2.45, 2.75) is 38.3 Å². The summed E-state index contributed by atoms with van der Waals surface area (Å²) in [5.41, 5.74) is 1.10. The van der Waals surface area contributed by atoms with Crippen LogP contribution in [-0.4, -0.2) is 30.4 Å². The van der Waals surface area contributed by atoms with Crippen LogP contribution in [0.3, 0.4) is 0 Å². The van der Waals surface area contributed by atoms with Crippen LogP contribution in [0, 0.1) is 6.92 Å². The molecule has 0 spiro atoms. The summed E-state index contributed by atoms with van der Waals surface area (Å²) in [6.45, 7) is 2.93. The molecule has 0 saturated heterocycles. The van der Waals surface area contributed by atoms with Gasteiger partial charge in [0.1, 0.15) is 18.5 Å². The lowest BCUT2D eigenvalue weighted by atomic mass is 10.0. The highest BCUT2D eigenvalue weighted by molar-refractivity contribution is 5.31. The minimum absolute atomic E-state index is 0.334. The molecular formula is C16H23NO2. The van der Waals surface area contributed by atoms with Gasteiger partial charge in [-0.15, -0.1) is 0 Å². The molecule has 0 fully saturated rings. The fraction of sp³-hybridized carbons (Fsp3) is 0.500. The van der Waals surface area contributed by atoms with Crippen molar-refractivity contribution in [2.24, 2.45) is 0 Å². The molecule has 19 heavy (non-hydrogen) atoms. The number of hydrogen-bond donors (Lipinski definition) is 2. The van der Waals surface area contributed by atoms with Gasteiger partial charge in [-0.2, -0.15) is 0 Å². The number of aryl methyl sites for hydroxylation is 1. The number of ether oxygens (including phenoxy) is 1. The van der Waals surface area contributed by atoms with Gasteiger partial charge in [0.15, 0.2) is 0 Å². The summed E-state index contributed by atoms with van der Waals surface area (Å²) < 4.78 is 5.63. The smallest absolute Gasteiger partial charge is 0.122 e. The molecule has 2 unspecified atom stereocenters. The first-order valence-electron chi connectivity index (χ1n) is 7.00. The monoisotopic (exact) mass is 261 g/mol. The van der Waals surface area contributed by atoms with Crippen LogP contribution in [0.15, 0.2) is 36.4 Å². The van der Waals surface area contributed by atoms with Crippen LogP contribution < -0.4 is 10.1 Å². The highest BCUT2D eigenvalue weighted by Gasteiger charge is 2.12. The van der Waals surface area contributed by atoms with Crippen molar-refractivity contribution in [1.82, 2.24) is 5.32 Å². The van der Waals surface area contributed by atoms with Crippen LogP contribution in [0.2, 0.25) is 0 Å². The maximum absolute atomic E-state index is 9.93. The Labute approximate surface area is 115 Å². The van der Waals surface area contributed by atoms with Gasteiger partial charge in [-0.1, -0.05) is 30.4 Å². The molecular weight excluding hydrogens is 238 g/mol. The number of rotatable bonds is 6. The second kappa shape index (κ2) is 7.31. The minimum Gasteiger partial charge on any atom is -0.491 e. The molecule has 3 heteroatoms. The van der Waals surface area contributed by atoms with Crippen LogP contribution in [0.25, 0.3) is 0 Å². The van der Waals surface area contributed by atoms with Gasteiger partial charge in [0.2, 0.25) is 0 Å².